The highest BCUT2D eigenvalue weighted by Crippen LogP contribution is 2.18. The molecule has 2 aliphatic heterocycles. The van der Waals surface area contributed by atoms with E-state index < -0.39 is 0 Å². The summed E-state index contributed by atoms with van der Waals surface area (Å²) >= 11 is 0. The van der Waals surface area contributed by atoms with Crippen molar-refractivity contribution < 1.29 is 13.9 Å². The second-order valence-electron chi connectivity index (χ2n) is 4.92. The third-order valence-corrected chi connectivity index (χ3v) is 3.58. The molecule has 2 aliphatic rings. The first-order chi connectivity index (χ1) is 9.24. The minimum atomic E-state index is -0.225. The van der Waals surface area contributed by atoms with Crippen molar-refractivity contribution in [1.29, 1.82) is 0 Å². The number of piperazine rings is 1. The Balaban J connectivity index is 1.55. The zero-order valence-electron chi connectivity index (χ0n) is 11.0. The van der Waals surface area contributed by atoms with E-state index in [4.69, 9.17) is 9.15 Å². The fourth-order valence-electron chi connectivity index (χ4n) is 2.51. The van der Waals surface area contributed by atoms with Gasteiger partial charge in [0.1, 0.15) is 6.10 Å². The van der Waals surface area contributed by atoms with Gasteiger partial charge >= 0.3 is 6.01 Å². The van der Waals surface area contributed by atoms with Crippen molar-refractivity contribution in [2.45, 2.75) is 25.9 Å². The van der Waals surface area contributed by atoms with Gasteiger partial charge in [0.2, 0.25) is 5.89 Å². The molecule has 1 unspecified atom stereocenters. The number of rotatable bonds is 2. The molecule has 2 fully saturated rings. The summed E-state index contributed by atoms with van der Waals surface area (Å²) in [7, 11) is 0. The Bertz CT molecular complexity index is 448. The van der Waals surface area contributed by atoms with E-state index in [1.54, 1.807) is 6.92 Å². The van der Waals surface area contributed by atoms with E-state index in [0.717, 1.165) is 25.9 Å². The first kappa shape index (κ1) is 12.4. The molecule has 0 aromatic carbocycles. The van der Waals surface area contributed by atoms with Crippen LogP contribution in [0.2, 0.25) is 0 Å². The Morgan fingerprint density at radius 3 is 2.63 bits per heavy atom. The maximum Gasteiger partial charge on any atom is 0.318 e. The Morgan fingerprint density at radius 1 is 1.26 bits per heavy atom. The Kier molecular flexibility index (Phi) is 3.37. The van der Waals surface area contributed by atoms with Gasteiger partial charge in [-0.2, -0.15) is 0 Å². The molecule has 3 heterocycles. The average molecular weight is 266 g/mol. The van der Waals surface area contributed by atoms with Crippen LogP contribution in [0.25, 0.3) is 0 Å². The standard InChI is InChI=1S/C12H18N4O3/c1-9-13-14-12(19-9)16-6-4-15(5-7-16)11(17)10-3-2-8-18-10/h10H,2-8H2,1H3. The van der Waals surface area contributed by atoms with Crippen LogP contribution in [0.3, 0.4) is 0 Å². The second kappa shape index (κ2) is 5.16. The monoisotopic (exact) mass is 266 g/mol. The van der Waals surface area contributed by atoms with E-state index >= 15 is 0 Å². The molecular weight excluding hydrogens is 248 g/mol. The Labute approximate surface area is 111 Å². The first-order valence-electron chi connectivity index (χ1n) is 6.69. The van der Waals surface area contributed by atoms with Crippen LogP contribution in [0.15, 0.2) is 4.42 Å². The van der Waals surface area contributed by atoms with Crippen molar-refractivity contribution in [3.8, 4) is 0 Å². The number of anilines is 1. The molecule has 7 nitrogen and oxygen atoms in total. The maximum absolute atomic E-state index is 12.2. The maximum atomic E-state index is 12.2. The lowest BCUT2D eigenvalue weighted by molar-refractivity contribution is -0.141. The summed E-state index contributed by atoms with van der Waals surface area (Å²) in [6.07, 6.45) is 1.61. The van der Waals surface area contributed by atoms with Gasteiger partial charge in [0, 0.05) is 39.7 Å². The highest BCUT2D eigenvalue weighted by molar-refractivity contribution is 5.81. The van der Waals surface area contributed by atoms with Crippen LogP contribution in [-0.2, 0) is 9.53 Å². The van der Waals surface area contributed by atoms with Crippen LogP contribution in [0.5, 0.6) is 0 Å². The van der Waals surface area contributed by atoms with Crippen LogP contribution in [0.1, 0.15) is 18.7 Å². The van der Waals surface area contributed by atoms with Gasteiger partial charge in [0.05, 0.1) is 0 Å². The first-order valence-corrected chi connectivity index (χ1v) is 6.69. The summed E-state index contributed by atoms with van der Waals surface area (Å²) in [5, 5.41) is 7.82. The summed E-state index contributed by atoms with van der Waals surface area (Å²) in [4.78, 5) is 16.1. The number of amides is 1. The van der Waals surface area contributed by atoms with Crippen molar-refractivity contribution in [2.75, 3.05) is 37.7 Å². The van der Waals surface area contributed by atoms with Crippen molar-refractivity contribution in [3.05, 3.63) is 5.89 Å². The minimum Gasteiger partial charge on any atom is -0.408 e. The SMILES string of the molecule is Cc1nnc(N2CCN(C(=O)C3CCCO3)CC2)o1. The number of aromatic nitrogens is 2. The number of ether oxygens (including phenoxy) is 1. The number of nitrogens with zero attached hydrogens (tertiary/aromatic N) is 4. The lowest BCUT2D eigenvalue weighted by Gasteiger charge is -2.34. The molecular formula is C12H18N4O3. The van der Waals surface area contributed by atoms with Crippen LogP contribution in [-0.4, -0.2) is 59.9 Å². The molecule has 3 rings (SSSR count). The van der Waals surface area contributed by atoms with Gasteiger partial charge in [-0.1, -0.05) is 5.10 Å². The lowest BCUT2D eigenvalue weighted by Crippen LogP contribution is -2.51. The molecule has 1 amide bonds. The van der Waals surface area contributed by atoms with E-state index in [0.29, 0.717) is 31.6 Å². The molecule has 0 bridgehead atoms. The molecule has 1 aromatic heterocycles. The van der Waals surface area contributed by atoms with Crippen molar-refractivity contribution in [3.63, 3.8) is 0 Å². The van der Waals surface area contributed by atoms with Crippen LogP contribution in [0, 0.1) is 6.92 Å². The smallest absolute Gasteiger partial charge is 0.318 e. The quantitative estimate of drug-likeness (QED) is 0.762. The number of aryl methyl sites for hydroxylation is 1. The van der Waals surface area contributed by atoms with E-state index in [-0.39, 0.29) is 12.0 Å². The third kappa shape index (κ3) is 2.56. The average Bonchev–Trinajstić information content (AvgIpc) is 3.09. The van der Waals surface area contributed by atoms with Gasteiger partial charge in [-0.05, 0) is 12.8 Å². The zero-order valence-corrected chi connectivity index (χ0v) is 11.0. The molecule has 0 aliphatic carbocycles. The molecule has 1 aromatic rings. The van der Waals surface area contributed by atoms with Gasteiger partial charge in [0.15, 0.2) is 0 Å². The molecule has 2 saturated heterocycles. The number of hydrogen-bond donors (Lipinski definition) is 0. The summed E-state index contributed by atoms with van der Waals surface area (Å²) < 4.78 is 10.8. The van der Waals surface area contributed by atoms with Crippen LogP contribution in [0.4, 0.5) is 6.01 Å². The second-order valence-corrected chi connectivity index (χ2v) is 4.92. The molecule has 0 spiro atoms. The predicted octanol–water partition coefficient (Wildman–Crippen LogP) is 0.206. The number of carbonyl (C=O) groups is 1. The van der Waals surface area contributed by atoms with E-state index in [1.165, 1.54) is 0 Å². The minimum absolute atomic E-state index is 0.124. The Hall–Kier alpha value is -1.63. The van der Waals surface area contributed by atoms with Gasteiger partial charge in [-0.15, -0.1) is 5.10 Å². The lowest BCUT2D eigenvalue weighted by atomic mass is 10.2. The largest absolute Gasteiger partial charge is 0.408 e. The molecule has 0 saturated carbocycles. The zero-order chi connectivity index (χ0) is 13.2. The van der Waals surface area contributed by atoms with Crippen molar-refractivity contribution >= 4 is 11.9 Å². The van der Waals surface area contributed by atoms with Crippen molar-refractivity contribution in [2.24, 2.45) is 0 Å². The normalized spacial score (nSPS) is 23.9. The summed E-state index contributed by atoms with van der Waals surface area (Å²) in [6.45, 7) is 5.28. The van der Waals surface area contributed by atoms with Gasteiger partial charge in [-0.3, -0.25) is 4.79 Å². The molecule has 7 heteroatoms. The van der Waals surface area contributed by atoms with Crippen molar-refractivity contribution in [1.82, 2.24) is 15.1 Å². The summed E-state index contributed by atoms with van der Waals surface area (Å²) in [6, 6.07) is 0.543. The molecule has 19 heavy (non-hydrogen) atoms. The van der Waals surface area contributed by atoms with Gasteiger partial charge < -0.3 is 19.0 Å². The topological polar surface area (TPSA) is 71.7 Å². The van der Waals surface area contributed by atoms with E-state index in [9.17, 15) is 4.79 Å². The fourth-order valence-corrected chi connectivity index (χ4v) is 2.51. The highest BCUT2D eigenvalue weighted by atomic mass is 16.5. The fraction of sp³-hybridized carbons (Fsp3) is 0.750. The molecule has 1 atom stereocenters. The van der Waals surface area contributed by atoms with E-state index in [2.05, 4.69) is 10.2 Å². The van der Waals surface area contributed by atoms with Gasteiger partial charge in [0.25, 0.3) is 5.91 Å². The predicted molar refractivity (Wildman–Crippen MR) is 66.8 cm³/mol. The van der Waals surface area contributed by atoms with Crippen LogP contribution < -0.4 is 4.90 Å². The number of carbonyl (C=O) groups excluding carboxylic acids is 1. The highest BCUT2D eigenvalue weighted by Gasteiger charge is 2.31. The molecule has 0 radical (unpaired) electrons. The molecule has 0 N–H and O–H groups in total. The Morgan fingerprint density at radius 2 is 2.05 bits per heavy atom. The molecule has 104 valence electrons. The van der Waals surface area contributed by atoms with Crippen LogP contribution >= 0.6 is 0 Å². The summed E-state index contributed by atoms with van der Waals surface area (Å²) in [5.74, 6) is 0.687. The van der Waals surface area contributed by atoms with Gasteiger partial charge in [-0.25, -0.2) is 0 Å². The third-order valence-electron chi connectivity index (χ3n) is 3.58. The number of hydrogen-bond acceptors (Lipinski definition) is 6. The van der Waals surface area contributed by atoms with E-state index in [1.807, 2.05) is 9.80 Å². The summed E-state index contributed by atoms with van der Waals surface area (Å²) in [5.41, 5.74) is 0.